The molecule has 1 aromatic heterocycles. The lowest BCUT2D eigenvalue weighted by atomic mass is 10.2. The van der Waals surface area contributed by atoms with Crippen molar-refractivity contribution in [3.63, 3.8) is 0 Å². The van der Waals surface area contributed by atoms with Gasteiger partial charge in [0.05, 0.1) is 7.11 Å². The van der Waals surface area contributed by atoms with Gasteiger partial charge in [0.2, 0.25) is 0 Å². The van der Waals surface area contributed by atoms with E-state index in [9.17, 15) is 4.79 Å². The van der Waals surface area contributed by atoms with Gasteiger partial charge in [0, 0.05) is 17.2 Å². The third-order valence-electron chi connectivity index (χ3n) is 2.44. The van der Waals surface area contributed by atoms with Gasteiger partial charge in [-0.05, 0) is 29.8 Å². The summed E-state index contributed by atoms with van der Waals surface area (Å²) in [4.78, 5) is 15.4. The van der Waals surface area contributed by atoms with Crippen LogP contribution in [0.2, 0.25) is 0 Å². The number of hydrogen-bond donors (Lipinski definition) is 1. The zero-order valence-electron chi connectivity index (χ0n) is 10.8. The smallest absolute Gasteiger partial charge is 0.328 e. The van der Waals surface area contributed by atoms with Crippen molar-refractivity contribution in [3.8, 4) is 5.75 Å². The van der Waals surface area contributed by atoms with Crippen LogP contribution in [0.1, 0.15) is 15.4 Å². The summed E-state index contributed by atoms with van der Waals surface area (Å²) < 4.78 is 5.15. The molecular formula is C15H13NO3S. The molecule has 5 heteroatoms. The van der Waals surface area contributed by atoms with E-state index in [1.54, 1.807) is 13.3 Å². The number of aromatic nitrogens is 1. The second-order valence-electron chi connectivity index (χ2n) is 3.88. The van der Waals surface area contributed by atoms with Crippen molar-refractivity contribution in [2.75, 3.05) is 7.11 Å². The van der Waals surface area contributed by atoms with E-state index in [0.717, 1.165) is 27.3 Å². The van der Waals surface area contributed by atoms with E-state index in [2.05, 4.69) is 4.98 Å². The fourth-order valence-corrected chi connectivity index (χ4v) is 2.25. The van der Waals surface area contributed by atoms with Crippen LogP contribution in [0, 0.1) is 0 Å². The number of nitrogens with zero attached hydrogens (tertiary/aromatic N) is 1. The van der Waals surface area contributed by atoms with E-state index in [0.29, 0.717) is 0 Å². The molecule has 2 rings (SSSR count). The fraction of sp³-hybridized carbons (Fsp3) is 0.0667. The van der Waals surface area contributed by atoms with E-state index in [1.165, 1.54) is 17.4 Å². The first-order valence-corrected chi connectivity index (χ1v) is 6.68. The molecule has 102 valence electrons. The maximum Gasteiger partial charge on any atom is 0.328 e. The van der Waals surface area contributed by atoms with E-state index in [4.69, 9.17) is 9.84 Å². The molecule has 0 unspecified atom stereocenters. The largest absolute Gasteiger partial charge is 0.497 e. The molecule has 1 heterocycles. The molecule has 0 amide bonds. The Balaban J connectivity index is 2.09. The zero-order valence-corrected chi connectivity index (χ0v) is 11.6. The molecule has 0 aliphatic carbocycles. The summed E-state index contributed by atoms with van der Waals surface area (Å²) >= 11 is 1.42. The molecule has 0 saturated heterocycles. The van der Waals surface area contributed by atoms with Crippen LogP contribution in [-0.4, -0.2) is 23.2 Å². The van der Waals surface area contributed by atoms with Gasteiger partial charge in [-0.15, -0.1) is 11.3 Å². The second-order valence-corrected chi connectivity index (χ2v) is 4.98. The maximum atomic E-state index is 10.4. The quantitative estimate of drug-likeness (QED) is 0.856. The predicted molar refractivity (Wildman–Crippen MR) is 80.7 cm³/mol. The first-order chi connectivity index (χ1) is 9.67. The molecule has 0 atom stereocenters. The van der Waals surface area contributed by atoms with Crippen LogP contribution in [0.5, 0.6) is 5.75 Å². The highest BCUT2D eigenvalue weighted by Gasteiger charge is 1.97. The van der Waals surface area contributed by atoms with Gasteiger partial charge < -0.3 is 9.84 Å². The Hall–Kier alpha value is -2.40. The molecule has 2 aromatic rings. The Kier molecular flexibility index (Phi) is 4.68. The average Bonchev–Trinajstić information content (AvgIpc) is 2.91. The summed E-state index contributed by atoms with van der Waals surface area (Å²) in [7, 11) is 1.63. The number of ether oxygens (including phenoxy) is 1. The van der Waals surface area contributed by atoms with Crippen LogP contribution >= 0.6 is 11.3 Å². The maximum absolute atomic E-state index is 10.4. The van der Waals surface area contributed by atoms with E-state index in [-0.39, 0.29) is 0 Å². The standard InChI is InChI=1S/C15H13NO3S/c1-19-12-4-2-3-11(9-12)5-7-14-16-10-13(20-14)6-8-15(17)18/h2-10H,1H3,(H,17,18)/b7-5+,8-6+. The highest BCUT2D eigenvalue weighted by atomic mass is 32.1. The van der Waals surface area contributed by atoms with Crippen molar-refractivity contribution in [1.82, 2.24) is 4.98 Å². The lowest BCUT2D eigenvalue weighted by Crippen LogP contribution is -1.84. The second kappa shape index (κ2) is 6.68. The van der Waals surface area contributed by atoms with Crippen LogP contribution in [0.25, 0.3) is 18.2 Å². The topological polar surface area (TPSA) is 59.4 Å². The number of aliphatic carboxylic acids is 1. The van der Waals surface area contributed by atoms with Gasteiger partial charge in [-0.3, -0.25) is 0 Å². The lowest BCUT2D eigenvalue weighted by molar-refractivity contribution is -0.131. The molecule has 0 fully saturated rings. The summed E-state index contributed by atoms with van der Waals surface area (Å²) in [5.74, 6) is -0.164. The van der Waals surface area contributed by atoms with Crippen molar-refractivity contribution in [3.05, 3.63) is 52.0 Å². The zero-order chi connectivity index (χ0) is 14.4. The number of carbonyl (C=O) groups is 1. The van der Waals surface area contributed by atoms with Gasteiger partial charge in [-0.1, -0.05) is 18.2 Å². The molecule has 0 radical (unpaired) electrons. The van der Waals surface area contributed by atoms with Crippen LogP contribution in [0.4, 0.5) is 0 Å². The number of rotatable bonds is 5. The third kappa shape index (κ3) is 4.07. The van der Waals surface area contributed by atoms with E-state index < -0.39 is 5.97 Å². The van der Waals surface area contributed by atoms with Gasteiger partial charge in [-0.25, -0.2) is 9.78 Å². The molecule has 20 heavy (non-hydrogen) atoms. The molecule has 0 bridgehead atoms. The minimum absolute atomic E-state index is 0.802. The molecule has 4 nitrogen and oxygen atoms in total. The van der Waals surface area contributed by atoms with Gasteiger partial charge in [-0.2, -0.15) is 0 Å². The third-order valence-corrected chi connectivity index (χ3v) is 3.37. The number of carboxylic acid groups (broad SMARTS) is 1. The van der Waals surface area contributed by atoms with E-state index in [1.807, 2.05) is 36.4 Å². The summed E-state index contributed by atoms with van der Waals surface area (Å²) in [5.41, 5.74) is 1.02. The molecule has 0 spiro atoms. The Morgan fingerprint density at radius 1 is 1.35 bits per heavy atom. The van der Waals surface area contributed by atoms with Crippen LogP contribution in [0.3, 0.4) is 0 Å². The number of thiazole rings is 1. The van der Waals surface area contributed by atoms with Crippen molar-refractivity contribution in [2.45, 2.75) is 0 Å². The highest BCUT2D eigenvalue weighted by Crippen LogP contribution is 2.19. The first kappa shape index (κ1) is 14.0. The van der Waals surface area contributed by atoms with E-state index >= 15 is 0 Å². The number of methoxy groups -OCH3 is 1. The highest BCUT2D eigenvalue weighted by molar-refractivity contribution is 7.13. The minimum atomic E-state index is -0.966. The molecular weight excluding hydrogens is 274 g/mol. The Morgan fingerprint density at radius 2 is 2.20 bits per heavy atom. The number of carboxylic acids is 1. The first-order valence-electron chi connectivity index (χ1n) is 5.86. The van der Waals surface area contributed by atoms with Crippen LogP contribution in [-0.2, 0) is 4.79 Å². The van der Waals surface area contributed by atoms with Gasteiger partial charge in [0.15, 0.2) is 0 Å². The summed E-state index contributed by atoms with van der Waals surface area (Å²) in [6.07, 6.45) is 8.10. The minimum Gasteiger partial charge on any atom is -0.497 e. The van der Waals surface area contributed by atoms with Crippen molar-refractivity contribution in [2.24, 2.45) is 0 Å². The fourth-order valence-electron chi connectivity index (χ4n) is 1.52. The Morgan fingerprint density at radius 3 is 2.95 bits per heavy atom. The summed E-state index contributed by atoms with van der Waals surface area (Å²) in [6.45, 7) is 0. The average molecular weight is 287 g/mol. The van der Waals surface area contributed by atoms with Crippen molar-refractivity contribution in [1.29, 1.82) is 0 Å². The summed E-state index contributed by atoms with van der Waals surface area (Å²) in [5, 5.41) is 9.37. The van der Waals surface area contributed by atoms with Gasteiger partial charge in [0.25, 0.3) is 0 Å². The Labute approximate surface area is 120 Å². The SMILES string of the molecule is COc1cccc(/C=C/c2ncc(/C=C/C(=O)O)s2)c1. The normalized spacial score (nSPS) is 11.2. The monoisotopic (exact) mass is 287 g/mol. The lowest BCUT2D eigenvalue weighted by Gasteiger charge is -1.99. The molecule has 1 N–H and O–H groups in total. The molecule has 1 aromatic carbocycles. The number of benzene rings is 1. The van der Waals surface area contributed by atoms with Crippen molar-refractivity contribution < 1.29 is 14.6 Å². The van der Waals surface area contributed by atoms with Gasteiger partial charge in [0.1, 0.15) is 10.8 Å². The van der Waals surface area contributed by atoms with Crippen molar-refractivity contribution >= 4 is 35.5 Å². The summed E-state index contributed by atoms with van der Waals surface area (Å²) in [6, 6.07) is 7.70. The molecule has 0 aliphatic rings. The molecule has 0 aliphatic heterocycles. The predicted octanol–water partition coefficient (Wildman–Crippen LogP) is 3.42. The van der Waals surface area contributed by atoms with Crippen LogP contribution < -0.4 is 4.74 Å². The van der Waals surface area contributed by atoms with Gasteiger partial charge >= 0.3 is 5.97 Å². The Bertz CT molecular complexity index is 659. The molecule has 0 saturated carbocycles. The van der Waals surface area contributed by atoms with Crippen LogP contribution in [0.15, 0.2) is 36.5 Å². The number of hydrogen-bond acceptors (Lipinski definition) is 4.